The molecule has 0 saturated carbocycles. The zero-order valence-electron chi connectivity index (χ0n) is 9.61. The molecule has 0 radical (unpaired) electrons. The quantitative estimate of drug-likeness (QED) is 0.672. The van der Waals surface area contributed by atoms with Crippen LogP contribution in [0.15, 0.2) is 0 Å². The standard InChI is InChI=1S/C9H17NO5S/c1-9(2,8(12)13)6-10-7(11)4-5-16(3,14)15/h4-6H2,1-3H3,(H,10,11)(H,12,13). The minimum atomic E-state index is -3.17. The fourth-order valence-electron chi connectivity index (χ4n) is 0.762. The molecule has 94 valence electrons. The Morgan fingerprint density at radius 1 is 1.31 bits per heavy atom. The van der Waals surface area contributed by atoms with Crippen LogP contribution in [0.1, 0.15) is 20.3 Å². The van der Waals surface area contributed by atoms with Crippen molar-refractivity contribution in [3.05, 3.63) is 0 Å². The van der Waals surface area contributed by atoms with Gasteiger partial charge < -0.3 is 10.4 Å². The van der Waals surface area contributed by atoms with E-state index in [-0.39, 0.29) is 18.7 Å². The molecule has 0 bridgehead atoms. The van der Waals surface area contributed by atoms with E-state index in [4.69, 9.17) is 5.11 Å². The van der Waals surface area contributed by atoms with Crippen LogP contribution in [0, 0.1) is 5.41 Å². The molecule has 0 aromatic carbocycles. The summed E-state index contributed by atoms with van der Waals surface area (Å²) in [7, 11) is -3.17. The number of aliphatic carboxylic acids is 1. The number of hydrogen-bond acceptors (Lipinski definition) is 4. The molecule has 7 heteroatoms. The maximum Gasteiger partial charge on any atom is 0.310 e. The van der Waals surface area contributed by atoms with Crippen LogP contribution in [0.4, 0.5) is 0 Å². The lowest BCUT2D eigenvalue weighted by Gasteiger charge is -2.19. The number of carbonyl (C=O) groups excluding carboxylic acids is 1. The molecule has 16 heavy (non-hydrogen) atoms. The minimum Gasteiger partial charge on any atom is -0.481 e. The Bertz CT molecular complexity index is 371. The SMILES string of the molecule is CC(C)(CNC(=O)CCS(C)(=O)=O)C(=O)O. The second kappa shape index (κ2) is 5.29. The Balaban J connectivity index is 4.05. The summed E-state index contributed by atoms with van der Waals surface area (Å²) < 4.78 is 21.5. The molecule has 2 N–H and O–H groups in total. The highest BCUT2D eigenvalue weighted by Gasteiger charge is 2.27. The van der Waals surface area contributed by atoms with E-state index in [1.54, 1.807) is 0 Å². The van der Waals surface area contributed by atoms with Gasteiger partial charge in [-0.15, -0.1) is 0 Å². The maximum absolute atomic E-state index is 11.2. The van der Waals surface area contributed by atoms with E-state index in [9.17, 15) is 18.0 Å². The molecule has 0 atom stereocenters. The van der Waals surface area contributed by atoms with Crippen molar-refractivity contribution in [2.75, 3.05) is 18.6 Å². The van der Waals surface area contributed by atoms with Gasteiger partial charge in [0.15, 0.2) is 0 Å². The van der Waals surface area contributed by atoms with Gasteiger partial charge in [0.1, 0.15) is 9.84 Å². The number of rotatable bonds is 6. The summed E-state index contributed by atoms with van der Waals surface area (Å²) in [5.41, 5.74) is -1.05. The van der Waals surface area contributed by atoms with Gasteiger partial charge in [-0.05, 0) is 13.8 Å². The molecule has 0 aliphatic heterocycles. The van der Waals surface area contributed by atoms with Gasteiger partial charge in [0.25, 0.3) is 0 Å². The van der Waals surface area contributed by atoms with Crippen molar-refractivity contribution >= 4 is 21.7 Å². The fraction of sp³-hybridized carbons (Fsp3) is 0.778. The molecular formula is C9H17NO5S. The van der Waals surface area contributed by atoms with Crippen molar-refractivity contribution in [2.45, 2.75) is 20.3 Å². The number of carbonyl (C=O) groups is 2. The topological polar surface area (TPSA) is 101 Å². The zero-order valence-corrected chi connectivity index (χ0v) is 10.4. The first-order valence-electron chi connectivity index (χ1n) is 4.72. The van der Waals surface area contributed by atoms with Crippen molar-refractivity contribution in [1.29, 1.82) is 0 Å². The highest BCUT2D eigenvalue weighted by molar-refractivity contribution is 7.90. The number of amides is 1. The second-order valence-electron chi connectivity index (χ2n) is 4.35. The number of carboxylic acid groups (broad SMARTS) is 1. The van der Waals surface area contributed by atoms with Crippen LogP contribution >= 0.6 is 0 Å². The summed E-state index contributed by atoms with van der Waals surface area (Å²) in [4.78, 5) is 21.9. The first-order chi connectivity index (χ1) is 7.04. The minimum absolute atomic E-state index is 0.0229. The molecule has 6 nitrogen and oxygen atoms in total. The molecule has 0 aromatic heterocycles. The predicted molar refractivity (Wildman–Crippen MR) is 58.8 cm³/mol. The Morgan fingerprint density at radius 2 is 1.81 bits per heavy atom. The second-order valence-corrected chi connectivity index (χ2v) is 6.61. The summed E-state index contributed by atoms with van der Waals surface area (Å²) in [6.45, 7) is 2.93. The molecule has 0 aliphatic rings. The van der Waals surface area contributed by atoms with Crippen LogP contribution in [0.25, 0.3) is 0 Å². The van der Waals surface area contributed by atoms with Crippen LogP contribution in [-0.4, -0.2) is 44.0 Å². The Morgan fingerprint density at radius 3 is 2.19 bits per heavy atom. The third kappa shape index (κ3) is 6.39. The molecule has 0 fully saturated rings. The average Bonchev–Trinajstić information content (AvgIpc) is 2.10. The summed E-state index contributed by atoms with van der Waals surface area (Å²) in [5.74, 6) is -1.71. The highest BCUT2D eigenvalue weighted by atomic mass is 32.2. The lowest BCUT2D eigenvalue weighted by atomic mass is 9.94. The van der Waals surface area contributed by atoms with E-state index in [2.05, 4.69) is 5.32 Å². The van der Waals surface area contributed by atoms with Crippen molar-refractivity contribution in [3.63, 3.8) is 0 Å². The number of sulfone groups is 1. The van der Waals surface area contributed by atoms with Crippen molar-refractivity contribution in [2.24, 2.45) is 5.41 Å². The van der Waals surface area contributed by atoms with Gasteiger partial charge in [-0.25, -0.2) is 8.42 Å². The van der Waals surface area contributed by atoms with E-state index in [1.165, 1.54) is 13.8 Å². The van der Waals surface area contributed by atoms with Gasteiger partial charge in [-0.3, -0.25) is 9.59 Å². The molecule has 0 spiro atoms. The number of carboxylic acids is 1. The normalized spacial score (nSPS) is 12.2. The van der Waals surface area contributed by atoms with E-state index in [1.807, 2.05) is 0 Å². The molecule has 0 aliphatic carbocycles. The Kier molecular flexibility index (Phi) is 4.92. The number of hydrogen-bond donors (Lipinski definition) is 2. The number of nitrogens with one attached hydrogen (secondary N) is 1. The van der Waals surface area contributed by atoms with Crippen molar-refractivity contribution < 1.29 is 23.1 Å². The molecule has 0 saturated heterocycles. The van der Waals surface area contributed by atoms with Gasteiger partial charge in [0.2, 0.25) is 5.91 Å². The third-order valence-electron chi connectivity index (χ3n) is 2.01. The van der Waals surface area contributed by atoms with E-state index < -0.39 is 27.1 Å². The summed E-state index contributed by atoms with van der Waals surface area (Å²) in [6.07, 6.45) is 0.899. The van der Waals surface area contributed by atoms with E-state index in [0.29, 0.717) is 0 Å². The van der Waals surface area contributed by atoms with Gasteiger partial charge in [-0.2, -0.15) is 0 Å². The summed E-state index contributed by atoms with van der Waals surface area (Å²) in [5, 5.41) is 11.2. The maximum atomic E-state index is 11.2. The fourth-order valence-corrected chi connectivity index (χ4v) is 1.32. The van der Waals surface area contributed by atoms with E-state index in [0.717, 1.165) is 6.26 Å². The lowest BCUT2D eigenvalue weighted by molar-refractivity contribution is -0.146. The lowest BCUT2D eigenvalue weighted by Crippen LogP contribution is -2.39. The summed E-state index contributed by atoms with van der Waals surface area (Å²) >= 11 is 0. The van der Waals surface area contributed by atoms with E-state index >= 15 is 0 Å². The smallest absolute Gasteiger partial charge is 0.310 e. The molecule has 0 heterocycles. The molecule has 0 aromatic rings. The molecule has 0 unspecified atom stereocenters. The monoisotopic (exact) mass is 251 g/mol. The van der Waals surface area contributed by atoms with Crippen LogP contribution in [0.2, 0.25) is 0 Å². The predicted octanol–water partition coefficient (Wildman–Crippen LogP) is -0.352. The van der Waals surface area contributed by atoms with Crippen molar-refractivity contribution in [1.82, 2.24) is 5.32 Å². The molecule has 1 amide bonds. The Labute approximate surface area is 95.0 Å². The van der Waals surface area contributed by atoms with Crippen molar-refractivity contribution in [3.8, 4) is 0 Å². The van der Waals surface area contributed by atoms with Gasteiger partial charge in [0.05, 0.1) is 11.2 Å². The average molecular weight is 251 g/mol. The molecular weight excluding hydrogens is 234 g/mol. The largest absolute Gasteiger partial charge is 0.481 e. The van der Waals surface area contributed by atoms with Crippen LogP contribution in [0.5, 0.6) is 0 Å². The van der Waals surface area contributed by atoms with Crippen LogP contribution in [-0.2, 0) is 19.4 Å². The first-order valence-corrected chi connectivity index (χ1v) is 6.78. The van der Waals surface area contributed by atoms with Crippen LogP contribution in [0.3, 0.4) is 0 Å². The Hall–Kier alpha value is -1.11. The first kappa shape index (κ1) is 14.9. The van der Waals surface area contributed by atoms with Gasteiger partial charge in [0, 0.05) is 19.2 Å². The zero-order chi connectivity index (χ0) is 13.0. The van der Waals surface area contributed by atoms with Gasteiger partial charge >= 0.3 is 5.97 Å². The van der Waals surface area contributed by atoms with Crippen LogP contribution < -0.4 is 5.32 Å². The molecule has 0 rings (SSSR count). The third-order valence-corrected chi connectivity index (χ3v) is 2.95. The summed E-state index contributed by atoms with van der Waals surface area (Å²) in [6, 6.07) is 0. The highest BCUT2D eigenvalue weighted by Crippen LogP contribution is 2.12. The van der Waals surface area contributed by atoms with Gasteiger partial charge in [-0.1, -0.05) is 0 Å².